The predicted octanol–water partition coefficient (Wildman–Crippen LogP) is 3.60. The Bertz CT molecular complexity index is 484. The fourth-order valence-corrected chi connectivity index (χ4v) is 3.42. The van der Waals surface area contributed by atoms with E-state index < -0.39 is 0 Å². The number of hydrogen-bond donors (Lipinski definition) is 1. The van der Waals surface area contributed by atoms with Crippen molar-refractivity contribution >= 4 is 5.91 Å². The van der Waals surface area contributed by atoms with E-state index in [0.717, 1.165) is 38.4 Å². The van der Waals surface area contributed by atoms with Crippen LogP contribution in [0.2, 0.25) is 0 Å². The highest BCUT2D eigenvalue weighted by Crippen LogP contribution is 2.21. The highest BCUT2D eigenvalue weighted by atomic mass is 16.2. The fourth-order valence-electron chi connectivity index (χ4n) is 3.42. The normalized spacial score (nSPS) is 17.5. The minimum absolute atomic E-state index is 0.222. The first-order valence-electron chi connectivity index (χ1n) is 8.53. The van der Waals surface area contributed by atoms with Gasteiger partial charge in [-0.3, -0.25) is 4.79 Å². The molecule has 1 amide bonds. The number of amides is 1. The van der Waals surface area contributed by atoms with E-state index in [1.807, 2.05) is 4.90 Å². The molecule has 1 heterocycles. The second-order valence-electron chi connectivity index (χ2n) is 6.83. The Balaban J connectivity index is 1.73. The van der Waals surface area contributed by atoms with Gasteiger partial charge in [-0.1, -0.05) is 29.3 Å². The van der Waals surface area contributed by atoms with Crippen LogP contribution in [0.4, 0.5) is 0 Å². The number of hydrogen-bond acceptors (Lipinski definition) is 2. The van der Waals surface area contributed by atoms with Crippen molar-refractivity contribution < 1.29 is 4.79 Å². The van der Waals surface area contributed by atoms with Gasteiger partial charge in [0, 0.05) is 26.1 Å². The first-order valence-corrected chi connectivity index (χ1v) is 8.53. The number of aryl methyl sites for hydroxylation is 2. The van der Waals surface area contributed by atoms with Crippen LogP contribution < -0.4 is 5.32 Å². The molecule has 0 bridgehead atoms. The van der Waals surface area contributed by atoms with Crippen molar-refractivity contribution in [2.75, 3.05) is 19.6 Å². The van der Waals surface area contributed by atoms with Crippen LogP contribution in [0.25, 0.3) is 0 Å². The number of carbonyl (C=O) groups is 1. The molecule has 1 aromatic rings. The monoisotopic (exact) mass is 302 g/mol. The van der Waals surface area contributed by atoms with Gasteiger partial charge in [-0.25, -0.2) is 0 Å². The van der Waals surface area contributed by atoms with Crippen molar-refractivity contribution in [1.82, 2.24) is 10.2 Å². The standard InChI is InChI=1S/C19H30N2O/c1-14-11-15(2)13-19(12-14)16(3)20-8-5-18-6-9-21(10-7-18)17(4)22/h11-13,16,18,20H,5-10H2,1-4H3/t16-/m0/s1. The third-order valence-electron chi connectivity index (χ3n) is 4.81. The molecule has 3 heteroatoms. The summed E-state index contributed by atoms with van der Waals surface area (Å²) in [6, 6.07) is 7.17. The van der Waals surface area contributed by atoms with Crippen LogP contribution in [0, 0.1) is 19.8 Å². The van der Waals surface area contributed by atoms with Gasteiger partial charge in [0.15, 0.2) is 0 Å². The van der Waals surface area contributed by atoms with Gasteiger partial charge in [-0.2, -0.15) is 0 Å². The van der Waals surface area contributed by atoms with Gasteiger partial charge < -0.3 is 10.2 Å². The Morgan fingerprint density at radius 2 is 1.82 bits per heavy atom. The molecule has 1 saturated heterocycles. The van der Waals surface area contributed by atoms with Crippen molar-refractivity contribution in [3.63, 3.8) is 0 Å². The summed E-state index contributed by atoms with van der Waals surface area (Å²) in [4.78, 5) is 13.3. The molecule has 0 unspecified atom stereocenters. The Hall–Kier alpha value is -1.35. The summed E-state index contributed by atoms with van der Waals surface area (Å²) in [5.74, 6) is 0.981. The summed E-state index contributed by atoms with van der Waals surface area (Å²) in [5, 5.41) is 3.65. The van der Waals surface area contributed by atoms with E-state index in [1.165, 1.54) is 23.1 Å². The largest absolute Gasteiger partial charge is 0.343 e. The van der Waals surface area contributed by atoms with Crippen molar-refractivity contribution in [3.8, 4) is 0 Å². The zero-order chi connectivity index (χ0) is 16.1. The zero-order valence-electron chi connectivity index (χ0n) is 14.5. The Labute approximate surface area is 135 Å². The number of rotatable bonds is 5. The van der Waals surface area contributed by atoms with Crippen molar-refractivity contribution in [3.05, 3.63) is 34.9 Å². The lowest BCUT2D eigenvalue weighted by molar-refractivity contribution is -0.130. The Kier molecular flexibility index (Phi) is 6.01. The molecule has 1 aliphatic rings. The van der Waals surface area contributed by atoms with Gasteiger partial charge in [0.2, 0.25) is 5.91 Å². The molecule has 1 N–H and O–H groups in total. The molecule has 122 valence electrons. The molecule has 1 aliphatic heterocycles. The minimum Gasteiger partial charge on any atom is -0.343 e. The van der Waals surface area contributed by atoms with Crippen LogP contribution in [-0.4, -0.2) is 30.4 Å². The lowest BCUT2D eigenvalue weighted by atomic mass is 9.93. The topological polar surface area (TPSA) is 32.3 Å². The average Bonchev–Trinajstić information content (AvgIpc) is 2.46. The lowest BCUT2D eigenvalue weighted by Gasteiger charge is -2.31. The van der Waals surface area contributed by atoms with Gasteiger partial charge in [-0.05, 0) is 58.1 Å². The average molecular weight is 302 g/mol. The van der Waals surface area contributed by atoms with Gasteiger partial charge in [0.05, 0.1) is 0 Å². The van der Waals surface area contributed by atoms with Gasteiger partial charge in [0.25, 0.3) is 0 Å². The van der Waals surface area contributed by atoms with Crippen LogP contribution in [0.1, 0.15) is 55.8 Å². The number of likely N-dealkylation sites (tertiary alicyclic amines) is 1. The summed E-state index contributed by atoms with van der Waals surface area (Å²) in [6.45, 7) is 11.2. The van der Waals surface area contributed by atoms with Gasteiger partial charge >= 0.3 is 0 Å². The summed E-state index contributed by atoms with van der Waals surface area (Å²) >= 11 is 0. The van der Waals surface area contributed by atoms with E-state index >= 15 is 0 Å². The number of piperidine rings is 1. The maximum Gasteiger partial charge on any atom is 0.219 e. The smallest absolute Gasteiger partial charge is 0.219 e. The van der Waals surface area contributed by atoms with E-state index in [1.54, 1.807) is 6.92 Å². The number of nitrogens with zero attached hydrogens (tertiary/aromatic N) is 1. The van der Waals surface area contributed by atoms with Crippen molar-refractivity contribution in [2.45, 2.75) is 53.0 Å². The third kappa shape index (κ3) is 4.84. The highest BCUT2D eigenvalue weighted by molar-refractivity contribution is 5.73. The van der Waals surface area contributed by atoms with Crippen LogP contribution in [0.15, 0.2) is 18.2 Å². The molecule has 0 aliphatic carbocycles. The van der Waals surface area contributed by atoms with E-state index in [0.29, 0.717) is 6.04 Å². The molecule has 0 aromatic heterocycles. The van der Waals surface area contributed by atoms with Gasteiger partial charge in [0.1, 0.15) is 0 Å². The third-order valence-corrected chi connectivity index (χ3v) is 4.81. The molecule has 22 heavy (non-hydrogen) atoms. The van der Waals surface area contributed by atoms with E-state index in [-0.39, 0.29) is 5.91 Å². The molecule has 1 atom stereocenters. The molecule has 0 radical (unpaired) electrons. The summed E-state index contributed by atoms with van der Waals surface area (Å²) < 4.78 is 0. The fraction of sp³-hybridized carbons (Fsp3) is 0.632. The second-order valence-corrected chi connectivity index (χ2v) is 6.83. The maximum atomic E-state index is 11.3. The van der Waals surface area contributed by atoms with E-state index in [9.17, 15) is 4.79 Å². The van der Waals surface area contributed by atoms with Crippen LogP contribution >= 0.6 is 0 Å². The first kappa shape index (κ1) is 17.0. The summed E-state index contributed by atoms with van der Waals surface area (Å²) in [6.07, 6.45) is 3.51. The van der Waals surface area contributed by atoms with Gasteiger partial charge in [-0.15, -0.1) is 0 Å². The number of nitrogens with one attached hydrogen (secondary N) is 1. The summed E-state index contributed by atoms with van der Waals surface area (Å²) in [7, 11) is 0. The first-order chi connectivity index (χ1) is 10.5. The zero-order valence-corrected chi connectivity index (χ0v) is 14.5. The molecule has 1 aromatic carbocycles. The summed E-state index contributed by atoms with van der Waals surface area (Å²) in [5.41, 5.74) is 4.05. The molecular weight excluding hydrogens is 272 g/mol. The Morgan fingerprint density at radius 1 is 1.23 bits per heavy atom. The minimum atomic E-state index is 0.222. The lowest BCUT2D eigenvalue weighted by Crippen LogP contribution is -2.37. The van der Waals surface area contributed by atoms with E-state index in [4.69, 9.17) is 0 Å². The number of carbonyl (C=O) groups excluding carboxylic acids is 1. The molecule has 0 saturated carbocycles. The Morgan fingerprint density at radius 3 is 2.36 bits per heavy atom. The van der Waals surface area contributed by atoms with Crippen LogP contribution in [0.3, 0.4) is 0 Å². The molecule has 0 spiro atoms. The van der Waals surface area contributed by atoms with Crippen LogP contribution in [0.5, 0.6) is 0 Å². The maximum absolute atomic E-state index is 11.3. The molecule has 1 fully saturated rings. The second kappa shape index (κ2) is 7.77. The predicted molar refractivity (Wildman–Crippen MR) is 91.9 cm³/mol. The van der Waals surface area contributed by atoms with E-state index in [2.05, 4.69) is 44.3 Å². The molecular formula is C19H30N2O. The molecule has 2 rings (SSSR count). The van der Waals surface area contributed by atoms with Crippen molar-refractivity contribution in [1.29, 1.82) is 0 Å². The SMILES string of the molecule is CC(=O)N1CCC(CCN[C@@H](C)c2cc(C)cc(C)c2)CC1. The number of benzene rings is 1. The molecule has 3 nitrogen and oxygen atoms in total. The quantitative estimate of drug-likeness (QED) is 0.901. The van der Waals surface area contributed by atoms with Crippen molar-refractivity contribution in [2.24, 2.45) is 5.92 Å². The van der Waals surface area contributed by atoms with Crippen LogP contribution in [-0.2, 0) is 4.79 Å². The highest BCUT2D eigenvalue weighted by Gasteiger charge is 2.20.